The Morgan fingerprint density at radius 1 is 1.44 bits per heavy atom. The molecule has 0 radical (unpaired) electrons. The van der Waals surface area contributed by atoms with Gasteiger partial charge in [-0.05, 0) is 24.6 Å². The first-order valence-electron chi connectivity index (χ1n) is 6.05. The number of nitrogens with zero attached hydrogens (tertiary/aromatic N) is 2. The van der Waals surface area contributed by atoms with Crippen LogP contribution < -0.4 is 0 Å². The highest BCUT2D eigenvalue weighted by atomic mass is 16.2. The monoisotopic (exact) mass is 243 g/mol. The average Bonchev–Trinajstić information content (AvgIpc) is 2.94. The van der Waals surface area contributed by atoms with E-state index in [1.165, 1.54) is 0 Å². The smallest absolute Gasteiger partial charge is 0.255 e. The number of aromatic nitrogens is 2. The van der Waals surface area contributed by atoms with Gasteiger partial charge in [0.2, 0.25) is 0 Å². The second-order valence-corrected chi connectivity index (χ2v) is 4.19. The summed E-state index contributed by atoms with van der Waals surface area (Å²) >= 11 is 0. The number of H-pyrrole nitrogens is 1. The Balaban J connectivity index is 2.21. The van der Waals surface area contributed by atoms with Crippen LogP contribution in [-0.2, 0) is 0 Å². The van der Waals surface area contributed by atoms with Crippen LogP contribution in [0.5, 0.6) is 0 Å². The minimum atomic E-state index is 0.00796. The normalized spacial score (nSPS) is 12.1. The van der Waals surface area contributed by atoms with E-state index in [1.807, 2.05) is 25.2 Å². The summed E-state index contributed by atoms with van der Waals surface area (Å²) in [6, 6.07) is 7.57. The van der Waals surface area contributed by atoms with Gasteiger partial charge in [0.1, 0.15) is 0 Å². The van der Waals surface area contributed by atoms with Crippen molar-refractivity contribution >= 4 is 5.91 Å². The zero-order valence-corrected chi connectivity index (χ0v) is 10.6. The molecule has 1 N–H and O–H groups in total. The first-order valence-corrected chi connectivity index (χ1v) is 6.05. The zero-order valence-electron chi connectivity index (χ0n) is 10.6. The molecule has 0 spiro atoms. The molecule has 0 saturated carbocycles. The molecule has 2 heterocycles. The predicted molar refractivity (Wildman–Crippen MR) is 70.2 cm³/mol. The van der Waals surface area contributed by atoms with E-state index >= 15 is 0 Å². The van der Waals surface area contributed by atoms with Crippen molar-refractivity contribution in [1.29, 1.82) is 0 Å². The van der Waals surface area contributed by atoms with Gasteiger partial charge < -0.3 is 9.88 Å². The van der Waals surface area contributed by atoms with E-state index < -0.39 is 0 Å². The molecular weight excluding hydrogens is 226 g/mol. The molecule has 0 aliphatic heterocycles. The molecule has 0 aliphatic carbocycles. The van der Waals surface area contributed by atoms with E-state index in [0.717, 1.165) is 12.1 Å². The summed E-state index contributed by atoms with van der Waals surface area (Å²) in [5, 5.41) is 0. The lowest BCUT2D eigenvalue weighted by molar-refractivity contribution is 0.0723. The number of nitrogens with one attached hydrogen (secondary N) is 1. The Hall–Kier alpha value is -2.10. The molecule has 1 atom stereocenters. The Bertz CT molecular complexity index is 493. The van der Waals surface area contributed by atoms with Crippen LogP contribution in [0.2, 0.25) is 0 Å². The van der Waals surface area contributed by atoms with E-state index in [2.05, 4.69) is 16.9 Å². The van der Waals surface area contributed by atoms with Gasteiger partial charge in [0, 0.05) is 25.6 Å². The van der Waals surface area contributed by atoms with Crippen molar-refractivity contribution in [3.8, 4) is 0 Å². The fourth-order valence-corrected chi connectivity index (χ4v) is 2.06. The second-order valence-electron chi connectivity index (χ2n) is 4.19. The maximum absolute atomic E-state index is 12.3. The molecule has 94 valence electrons. The van der Waals surface area contributed by atoms with E-state index in [-0.39, 0.29) is 11.9 Å². The first kappa shape index (κ1) is 12.4. The minimum absolute atomic E-state index is 0.00796. The van der Waals surface area contributed by atoms with Gasteiger partial charge in [0.25, 0.3) is 5.91 Å². The second kappa shape index (κ2) is 5.49. The molecule has 2 aromatic rings. The number of pyridine rings is 1. The van der Waals surface area contributed by atoms with E-state index in [1.54, 1.807) is 29.6 Å². The molecule has 4 heteroatoms. The standard InChI is InChI=1S/C14H17N3O/c1-3-13(12-6-4-5-8-16-12)17(2)14(18)11-7-9-15-10-11/h4-10,13,15H,3H2,1-2H3. The summed E-state index contributed by atoms with van der Waals surface area (Å²) in [4.78, 5) is 21.2. The lowest BCUT2D eigenvalue weighted by Gasteiger charge is -2.26. The molecule has 2 aromatic heterocycles. The predicted octanol–water partition coefficient (Wildman–Crippen LogP) is 2.63. The number of hydrogen-bond donors (Lipinski definition) is 1. The van der Waals surface area contributed by atoms with Crippen LogP contribution in [0.25, 0.3) is 0 Å². The van der Waals surface area contributed by atoms with Crippen molar-refractivity contribution in [2.75, 3.05) is 7.05 Å². The molecule has 0 aromatic carbocycles. The van der Waals surface area contributed by atoms with E-state index in [0.29, 0.717) is 5.56 Å². The van der Waals surface area contributed by atoms with Crippen molar-refractivity contribution < 1.29 is 4.79 Å². The zero-order chi connectivity index (χ0) is 13.0. The molecule has 18 heavy (non-hydrogen) atoms. The Labute approximate surface area is 107 Å². The van der Waals surface area contributed by atoms with Crippen LogP contribution in [0, 0.1) is 0 Å². The number of amides is 1. The molecule has 0 bridgehead atoms. The summed E-state index contributed by atoms with van der Waals surface area (Å²) in [7, 11) is 1.82. The summed E-state index contributed by atoms with van der Waals surface area (Å²) in [6.45, 7) is 2.06. The number of aromatic amines is 1. The Morgan fingerprint density at radius 2 is 2.28 bits per heavy atom. The lowest BCUT2D eigenvalue weighted by atomic mass is 10.1. The average molecular weight is 243 g/mol. The van der Waals surface area contributed by atoms with Crippen molar-refractivity contribution in [3.63, 3.8) is 0 Å². The number of carbonyl (C=O) groups is 1. The quantitative estimate of drug-likeness (QED) is 0.897. The number of carbonyl (C=O) groups excluding carboxylic acids is 1. The third kappa shape index (κ3) is 2.42. The lowest BCUT2D eigenvalue weighted by Crippen LogP contribution is -2.31. The van der Waals surface area contributed by atoms with Crippen LogP contribution >= 0.6 is 0 Å². The van der Waals surface area contributed by atoms with E-state index in [9.17, 15) is 4.79 Å². The Kier molecular flexibility index (Phi) is 3.77. The first-order chi connectivity index (χ1) is 8.74. The molecule has 0 aliphatic rings. The summed E-state index contributed by atoms with van der Waals surface area (Å²) in [6.07, 6.45) is 6.06. The van der Waals surface area contributed by atoms with Crippen LogP contribution in [-0.4, -0.2) is 27.8 Å². The van der Waals surface area contributed by atoms with Gasteiger partial charge in [-0.3, -0.25) is 9.78 Å². The molecule has 1 unspecified atom stereocenters. The largest absolute Gasteiger partial charge is 0.367 e. The maximum atomic E-state index is 12.3. The van der Waals surface area contributed by atoms with Crippen molar-refractivity contribution in [2.45, 2.75) is 19.4 Å². The molecule has 4 nitrogen and oxygen atoms in total. The van der Waals surface area contributed by atoms with Crippen molar-refractivity contribution in [3.05, 3.63) is 54.1 Å². The molecule has 0 fully saturated rings. The van der Waals surface area contributed by atoms with Crippen LogP contribution in [0.4, 0.5) is 0 Å². The molecule has 2 rings (SSSR count). The van der Waals surface area contributed by atoms with Gasteiger partial charge in [-0.15, -0.1) is 0 Å². The number of hydrogen-bond acceptors (Lipinski definition) is 2. The van der Waals surface area contributed by atoms with Gasteiger partial charge in [0.05, 0.1) is 17.3 Å². The maximum Gasteiger partial charge on any atom is 0.255 e. The molecule has 0 saturated heterocycles. The highest BCUT2D eigenvalue weighted by molar-refractivity contribution is 5.94. The van der Waals surface area contributed by atoms with Gasteiger partial charge >= 0.3 is 0 Å². The highest BCUT2D eigenvalue weighted by Crippen LogP contribution is 2.22. The molecular formula is C14H17N3O. The van der Waals surface area contributed by atoms with Gasteiger partial charge in [-0.2, -0.15) is 0 Å². The van der Waals surface area contributed by atoms with E-state index in [4.69, 9.17) is 0 Å². The van der Waals surface area contributed by atoms with Crippen LogP contribution in [0.3, 0.4) is 0 Å². The topological polar surface area (TPSA) is 49.0 Å². The summed E-state index contributed by atoms with van der Waals surface area (Å²) in [5.41, 5.74) is 1.60. The van der Waals surface area contributed by atoms with Gasteiger partial charge in [-0.25, -0.2) is 0 Å². The van der Waals surface area contributed by atoms with Gasteiger partial charge in [0.15, 0.2) is 0 Å². The number of rotatable bonds is 4. The highest BCUT2D eigenvalue weighted by Gasteiger charge is 2.22. The van der Waals surface area contributed by atoms with Crippen LogP contribution in [0.1, 0.15) is 35.4 Å². The van der Waals surface area contributed by atoms with Gasteiger partial charge in [-0.1, -0.05) is 13.0 Å². The Morgan fingerprint density at radius 3 is 2.83 bits per heavy atom. The molecule has 1 amide bonds. The summed E-state index contributed by atoms with van der Waals surface area (Å²) < 4.78 is 0. The fourth-order valence-electron chi connectivity index (χ4n) is 2.06. The SMILES string of the molecule is CCC(c1ccccn1)N(C)C(=O)c1cc[nH]c1. The third-order valence-electron chi connectivity index (χ3n) is 3.05. The minimum Gasteiger partial charge on any atom is -0.367 e. The third-order valence-corrected chi connectivity index (χ3v) is 3.05. The van der Waals surface area contributed by atoms with Crippen molar-refractivity contribution in [1.82, 2.24) is 14.9 Å². The van der Waals surface area contributed by atoms with Crippen LogP contribution in [0.15, 0.2) is 42.9 Å². The summed E-state index contributed by atoms with van der Waals surface area (Å²) in [5.74, 6) is 0.00810. The van der Waals surface area contributed by atoms with Crippen molar-refractivity contribution in [2.24, 2.45) is 0 Å². The fraction of sp³-hybridized carbons (Fsp3) is 0.286.